The van der Waals surface area contributed by atoms with Crippen molar-refractivity contribution >= 4 is 40.9 Å². The Morgan fingerprint density at radius 3 is 2.47 bits per heavy atom. The van der Waals surface area contributed by atoms with Crippen LogP contribution in [-0.4, -0.2) is 33.3 Å². The van der Waals surface area contributed by atoms with E-state index < -0.39 is 0 Å². The van der Waals surface area contributed by atoms with Gasteiger partial charge in [0.05, 0.1) is 12.4 Å². The second-order valence-electron chi connectivity index (χ2n) is 2.25. The highest BCUT2D eigenvalue weighted by molar-refractivity contribution is 7.99. The third-order valence-electron chi connectivity index (χ3n) is 1.18. The smallest absolute Gasteiger partial charge is 0.316 e. The van der Waals surface area contributed by atoms with Gasteiger partial charge in [0, 0.05) is 0 Å². The van der Waals surface area contributed by atoms with Crippen molar-refractivity contribution in [2.45, 2.75) is 12.1 Å². The number of hydrogen-bond donors (Lipinski definition) is 0. The number of aromatic nitrogens is 3. The zero-order valence-corrected chi connectivity index (χ0v) is 10.1. The van der Waals surface area contributed by atoms with Crippen molar-refractivity contribution in [3.63, 3.8) is 0 Å². The molecule has 0 saturated carbocycles. The lowest BCUT2D eigenvalue weighted by atomic mass is 10.8. The Labute approximate surface area is 101 Å². The zero-order chi connectivity index (χ0) is 11.3. The van der Waals surface area contributed by atoms with E-state index in [1.165, 1.54) is 0 Å². The predicted octanol–water partition coefficient (Wildman–Crippen LogP) is 1.83. The fourth-order valence-corrected chi connectivity index (χ4v) is 1.80. The van der Waals surface area contributed by atoms with Gasteiger partial charge in [0.2, 0.25) is 10.6 Å². The van der Waals surface area contributed by atoms with Crippen LogP contribution in [0.4, 0.5) is 0 Å². The summed E-state index contributed by atoms with van der Waals surface area (Å²) in [5.41, 5.74) is 0. The maximum Gasteiger partial charge on any atom is 0.316 e. The van der Waals surface area contributed by atoms with Crippen LogP contribution in [0, 0.1) is 0 Å². The van der Waals surface area contributed by atoms with Crippen LogP contribution in [0.5, 0.6) is 0 Å². The van der Waals surface area contributed by atoms with Crippen LogP contribution < -0.4 is 0 Å². The van der Waals surface area contributed by atoms with Crippen LogP contribution in [-0.2, 0) is 9.53 Å². The summed E-state index contributed by atoms with van der Waals surface area (Å²) >= 11 is 12.2. The topological polar surface area (TPSA) is 65.0 Å². The maximum atomic E-state index is 11.0. The van der Waals surface area contributed by atoms with Gasteiger partial charge in [0.25, 0.3) is 0 Å². The molecule has 0 aliphatic heterocycles. The lowest BCUT2D eigenvalue weighted by Gasteiger charge is -2.00. The fourth-order valence-electron chi connectivity index (χ4n) is 0.700. The Kier molecular flexibility index (Phi) is 5.07. The molecule has 0 radical (unpaired) electrons. The van der Waals surface area contributed by atoms with E-state index in [2.05, 4.69) is 15.0 Å². The number of ether oxygens (including phenoxy) is 1. The number of nitrogens with zero attached hydrogens (tertiary/aromatic N) is 3. The summed E-state index contributed by atoms with van der Waals surface area (Å²) in [4.78, 5) is 22.1. The van der Waals surface area contributed by atoms with E-state index in [1.807, 2.05) is 0 Å². The van der Waals surface area contributed by atoms with E-state index in [-0.39, 0.29) is 22.3 Å². The third-order valence-corrected chi connectivity index (χ3v) is 2.34. The monoisotopic (exact) mass is 267 g/mol. The molecule has 1 aromatic rings. The average Bonchev–Trinajstić information content (AvgIpc) is 2.14. The van der Waals surface area contributed by atoms with Gasteiger partial charge in [-0.2, -0.15) is 15.0 Å². The molecule has 0 aromatic carbocycles. The summed E-state index contributed by atoms with van der Waals surface area (Å²) in [5, 5.41) is 0.302. The molecule has 1 rings (SSSR count). The molecule has 0 fully saturated rings. The lowest BCUT2D eigenvalue weighted by molar-refractivity contribution is -0.139. The molecule has 15 heavy (non-hydrogen) atoms. The lowest BCUT2D eigenvalue weighted by Crippen LogP contribution is -2.07. The van der Waals surface area contributed by atoms with Gasteiger partial charge in [-0.1, -0.05) is 11.8 Å². The largest absolute Gasteiger partial charge is 0.465 e. The highest BCUT2D eigenvalue weighted by Crippen LogP contribution is 2.16. The number of rotatable bonds is 4. The second kappa shape index (κ2) is 6.09. The standard InChI is InChI=1S/C7H7Cl2N3O2S/c1-2-14-4(13)3-15-7-11-5(8)10-6(9)12-7/h2-3H2,1H3. The Morgan fingerprint density at radius 1 is 1.33 bits per heavy atom. The van der Waals surface area contributed by atoms with Crippen LogP contribution in [0.1, 0.15) is 6.92 Å². The van der Waals surface area contributed by atoms with Crippen LogP contribution in [0.2, 0.25) is 10.6 Å². The van der Waals surface area contributed by atoms with Crippen molar-refractivity contribution in [2.24, 2.45) is 0 Å². The minimum atomic E-state index is -0.338. The molecule has 8 heteroatoms. The van der Waals surface area contributed by atoms with Crippen molar-refractivity contribution in [1.82, 2.24) is 15.0 Å². The quantitative estimate of drug-likeness (QED) is 0.613. The fraction of sp³-hybridized carbons (Fsp3) is 0.429. The molecule has 0 aliphatic rings. The highest BCUT2D eigenvalue weighted by Gasteiger charge is 2.07. The molecule has 0 atom stereocenters. The van der Waals surface area contributed by atoms with Gasteiger partial charge < -0.3 is 4.74 Å². The first kappa shape index (κ1) is 12.5. The van der Waals surface area contributed by atoms with Gasteiger partial charge in [0.1, 0.15) is 0 Å². The SMILES string of the molecule is CCOC(=O)CSc1nc(Cl)nc(Cl)n1. The minimum absolute atomic E-state index is 0.00126. The molecule has 5 nitrogen and oxygen atoms in total. The van der Waals surface area contributed by atoms with Gasteiger partial charge in [0.15, 0.2) is 5.16 Å². The Hall–Kier alpha value is -0.590. The van der Waals surface area contributed by atoms with E-state index in [4.69, 9.17) is 27.9 Å². The first-order valence-corrected chi connectivity index (χ1v) is 5.71. The number of carbonyl (C=O) groups excluding carboxylic acids is 1. The predicted molar refractivity (Wildman–Crippen MR) is 57.2 cm³/mol. The van der Waals surface area contributed by atoms with E-state index in [0.29, 0.717) is 11.8 Å². The summed E-state index contributed by atoms with van der Waals surface area (Å²) in [6.45, 7) is 2.08. The van der Waals surface area contributed by atoms with Gasteiger partial charge in [-0.05, 0) is 30.1 Å². The van der Waals surface area contributed by atoms with Crippen molar-refractivity contribution < 1.29 is 9.53 Å². The first-order valence-electron chi connectivity index (χ1n) is 3.97. The van der Waals surface area contributed by atoms with Gasteiger partial charge >= 0.3 is 5.97 Å². The summed E-state index contributed by atoms with van der Waals surface area (Å²) in [5.74, 6) is -0.222. The van der Waals surface area contributed by atoms with E-state index in [0.717, 1.165) is 11.8 Å². The molecule has 0 N–H and O–H groups in total. The molecule has 0 unspecified atom stereocenters. The van der Waals surface area contributed by atoms with E-state index in [9.17, 15) is 4.79 Å². The van der Waals surface area contributed by atoms with Crippen molar-refractivity contribution in [3.8, 4) is 0 Å². The Morgan fingerprint density at radius 2 is 1.93 bits per heavy atom. The highest BCUT2D eigenvalue weighted by atomic mass is 35.5. The molecular formula is C7H7Cl2N3O2S. The zero-order valence-electron chi connectivity index (χ0n) is 7.74. The third kappa shape index (κ3) is 4.63. The van der Waals surface area contributed by atoms with Crippen LogP contribution >= 0.6 is 35.0 Å². The van der Waals surface area contributed by atoms with Gasteiger partial charge in [-0.3, -0.25) is 4.79 Å². The molecule has 82 valence electrons. The first-order chi connectivity index (χ1) is 7.11. The summed E-state index contributed by atoms with van der Waals surface area (Å²) in [7, 11) is 0. The second-order valence-corrected chi connectivity index (χ2v) is 3.87. The molecule has 0 amide bonds. The van der Waals surface area contributed by atoms with E-state index in [1.54, 1.807) is 6.92 Å². The number of halogens is 2. The molecule has 1 aromatic heterocycles. The Bertz CT molecular complexity index is 344. The van der Waals surface area contributed by atoms with Crippen molar-refractivity contribution in [3.05, 3.63) is 10.6 Å². The normalized spacial score (nSPS) is 10.1. The summed E-state index contributed by atoms with van der Waals surface area (Å²) in [6.07, 6.45) is 0. The van der Waals surface area contributed by atoms with Crippen molar-refractivity contribution in [1.29, 1.82) is 0 Å². The van der Waals surface area contributed by atoms with Crippen LogP contribution in [0.3, 0.4) is 0 Å². The Balaban J connectivity index is 2.54. The number of thioether (sulfide) groups is 1. The molecule has 0 spiro atoms. The molecule has 0 saturated heterocycles. The number of esters is 1. The van der Waals surface area contributed by atoms with Gasteiger partial charge in [-0.25, -0.2) is 0 Å². The van der Waals surface area contributed by atoms with Crippen molar-refractivity contribution in [2.75, 3.05) is 12.4 Å². The molecule has 1 heterocycles. The summed E-state index contributed by atoms with van der Waals surface area (Å²) < 4.78 is 4.73. The van der Waals surface area contributed by atoms with Crippen LogP contribution in [0.15, 0.2) is 5.16 Å². The minimum Gasteiger partial charge on any atom is -0.465 e. The van der Waals surface area contributed by atoms with E-state index >= 15 is 0 Å². The molecular weight excluding hydrogens is 261 g/mol. The molecule has 0 bridgehead atoms. The van der Waals surface area contributed by atoms with Crippen LogP contribution in [0.25, 0.3) is 0 Å². The average molecular weight is 268 g/mol. The molecule has 0 aliphatic carbocycles. The summed E-state index contributed by atoms with van der Waals surface area (Å²) in [6, 6.07) is 0. The van der Waals surface area contributed by atoms with Gasteiger partial charge in [-0.15, -0.1) is 0 Å². The maximum absolute atomic E-state index is 11.0. The number of carbonyl (C=O) groups is 1. The number of hydrogen-bond acceptors (Lipinski definition) is 6.